The SMILES string of the molecule is CCOP(=O)(S)Sc1cc(Cl)cc(Cl)c1. The van der Waals surface area contributed by atoms with Crippen LogP contribution in [0.5, 0.6) is 0 Å². The number of hydrogen-bond donors (Lipinski definition) is 1. The summed E-state index contributed by atoms with van der Waals surface area (Å²) < 4.78 is 16.7. The summed E-state index contributed by atoms with van der Waals surface area (Å²) in [5.41, 5.74) is 0. The van der Waals surface area contributed by atoms with Gasteiger partial charge in [-0.2, -0.15) is 0 Å². The van der Waals surface area contributed by atoms with Crippen molar-refractivity contribution in [3.63, 3.8) is 0 Å². The van der Waals surface area contributed by atoms with Gasteiger partial charge in [-0.1, -0.05) is 35.5 Å². The summed E-state index contributed by atoms with van der Waals surface area (Å²) >= 11 is 16.6. The van der Waals surface area contributed by atoms with Gasteiger partial charge in [0.2, 0.25) is 0 Å². The van der Waals surface area contributed by atoms with Crippen LogP contribution in [0, 0.1) is 0 Å². The molecule has 84 valence electrons. The Bertz CT molecular complexity index is 380. The van der Waals surface area contributed by atoms with Crippen molar-refractivity contribution in [2.75, 3.05) is 6.61 Å². The predicted molar refractivity (Wildman–Crippen MR) is 70.5 cm³/mol. The van der Waals surface area contributed by atoms with E-state index in [9.17, 15) is 4.57 Å². The lowest BCUT2D eigenvalue weighted by Crippen LogP contribution is -1.80. The van der Waals surface area contributed by atoms with Gasteiger partial charge >= 0.3 is 5.77 Å². The molecule has 0 spiro atoms. The first-order valence-electron chi connectivity index (χ1n) is 4.06. The lowest BCUT2D eigenvalue weighted by Gasteiger charge is -2.10. The quantitative estimate of drug-likeness (QED) is 0.614. The Balaban J connectivity index is 2.85. The van der Waals surface area contributed by atoms with E-state index < -0.39 is 5.77 Å². The highest BCUT2D eigenvalue weighted by Gasteiger charge is 2.19. The molecule has 0 aliphatic heterocycles. The maximum atomic E-state index is 11.7. The average Bonchev–Trinajstić information content (AvgIpc) is 1.99. The van der Waals surface area contributed by atoms with E-state index in [4.69, 9.17) is 27.7 Å². The molecular formula is C8H9Cl2O2PS2. The first kappa shape index (κ1) is 13.8. The third kappa shape index (κ3) is 5.03. The summed E-state index contributed by atoms with van der Waals surface area (Å²) in [7, 11) is 0. The Labute approximate surface area is 108 Å². The fraction of sp³-hybridized carbons (Fsp3) is 0.250. The third-order valence-electron chi connectivity index (χ3n) is 1.35. The Morgan fingerprint density at radius 3 is 2.40 bits per heavy atom. The van der Waals surface area contributed by atoms with Crippen molar-refractivity contribution >= 4 is 52.6 Å². The van der Waals surface area contributed by atoms with E-state index in [1.165, 1.54) is 0 Å². The standard InChI is InChI=1S/C8H9Cl2O2PS2/c1-2-12-13(11,14)15-8-4-6(9)3-7(10)5-8/h3-5H,2H2,1H3,(H,11,14). The zero-order valence-electron chi connectivity index (χ0n) is 7.81. The highest BCUT2D eigenvalue weighted by molar-refractivity contribution is 8.84. The first-order chi connectivity index (χ1) is 6.93. The largest absolute Gasteiger partial charge is 0.314 e. The molecule has 1 unspecified atom stereocenters. The monoisotopic (exact) mass is 302 g/mol. The van der Waals surface area contributed by atoms with Crippen LogP contribution in [0.15, 0.2) is 23.1 Å². The summed E-state index contributed by atoms with van der Waals surface area (Å²) in [4.78, 5) is 0.680. The van der Waals surface area contributed by atoms with Crippen LogP contribution in [0.2, 0.25) is 10.0 Å². The topological polar surface area (TPSA) is 26.3 Å². The van der Waals surface area contributed by atoms with Gasteiger partial charge < -0.3 is 4.52 Å². The van der Waals surface area contributed by atoms with Gasteiger partial charge in [0.25, 0.3) is 0 Å². The van der Waals surface area contributed by atoms with E-state index in [1.807, 2.05) is 0 Å². The maximum absolute atomic E-state index is 11.7. The molecule has 0 radical (unpaired) electrons. The highest BCUT2D eigenvalue weighted by Crippen LogP contribution is 2.66. The Hall–Kier alpha value is 0.690. The third-order valence-corrected chi connectivity index (χ3v) is 5.77. The van der Waals surface area contributed by atoms with E-state index in [0.717, 1.165) is 11.4 Å². The molecule has 0 bridgehead atoms. The van der Waals surface area contributed by atoms with Crippen molar-refractivity contribution in [1.29, 1.82) is 0 Å². The molecule has 1 aromatic carbocycles. The lowest BCUT2D eigenvalue weighted by molar-refractivity contribution is 0.358. The Morgan fingerprint density at radius 2 is 1.93 bits per heavy atom. The number of benzene rings is 1. The average molecular weight is 303 g/mol. The highest BCUT2D eigenvalue weighted by atomic mass is 35.5. The second-order valence-electron chi connectivity index (χ2n) is 2.58. The van der Waals surface area contributed by atoms with Crippen molar-refractivity contribution < 1.29 is 9.09 Å². The summed E-state index contributed by atoms with van der Waals surface area (Å²) in [6.07, 6.45) is 0. The molecule has 0 aromatic heterocycles. The summed E-state index contributed by atoms with van der Waals surface area (Å²) in [6, 6.07) is 4.94. The molecule has 1 aromatic rings. The van der Waals surface area contributed by atoms with Gasteiger partial charge in [0.15, 0.2) is 0 Å². The molecule has 15 heavy (non-hydrogen) atoms. The minimum absolute atomic E-state index is 0.349. The van der Waals surface area contributed by atoms with Gasteiger partial charge in [-0.25, -0.2) is 0 Å². The van der Waals surface area contributed by atoms with Gasteiger partial charge in [-0.05, 0) is 36.5 Å². The minimum atomic E-state index is -2.96. The maximum Gasteiger partial charge on any atom is 0.314 e. The van der Waals surface area contributed by atoms with Crippen LogP contribution in [0.3, 0.4) is 0 Å². The smallest absolute Gasteiger partial charge is 0.314 e. The molecule has 0 saturated heterocycles. The predicted octanol–water partition coefficient (Wildman–Crippen LogP) is 5.16. The van der Waals surface area contributed by atoms with Crippen molar-refractivity contribution in [3.8, 4) is 0 Å². The van der Waals surface area contributed by atoms with E-state index >= 15 is 0 Å². The van der Waals surface area contributed by atoms with E-state index in [2.05, 4.69) is 12.2 Å². The second-order valence-corrected chi connectivity index (χ2v) is 9.69. The van der Waals surface area contributed by atoms with Gasteiger partial charge in [-0.15, -0.1) is 0 Å². The molecule has 2 nitrogen and oxygen atoms in total. The molecule has 0 aliphatic rings. The van der Waals surface area contributed by atoms with Crippen LogP contribution in [0.25, 0.3) is 0 Å². The first-order valence-corrected chi connectivity index (χ1v) is 9.01. The zero-order chi connectivity index (χ0) is 11.5. The molecule has 1 atom stereocenters. The molecular weight excluding hydrogens is 294 g/mol. The Kier molecular flexibility index (Phi) is 5.37. The number of rotatable bonds is 4. The van der Waals surface area contributed by atoms with E-state index in [1.54, 1.807) is 25.1 Å². The number of thiol groups is 1. The van der Waals surface area contributed by atoms with Crippen LogP contribution in [-0.2, 0) is 9.09 Å². The van der Waals surface area contributed by atoms with Crippen molar-refractivity contribution in [3.05, 3.63) is 28.2 Å². The van der Waals surface area contributed by atoms with Crippen molar-refractivity contribution in [1.82, 2.24) is 0 Å². The molecule has 0 N–H and O–H groups in total. The van der Waals surface area contributed by atoms with Gasteiger partial charge in [0, 0.05) is 14.9 Å². The van der Waals surface area contributed by atoms with Gasteiger partial charge in [-0.3, -0.25) is 4.57 Å². The molecule has 7 heteroatoms. The summed E-state index contributed by atoms with van der Waals surface area (Å²) in [5.74, 6) is -2.96. The van der Waals surface area contributed by atoms with E-state index in [-0.39, 0.29) is 0 Å². The van der Waals surface area contributed by atoms with Crippen molar-refractivity contribution in [2.24, 2.45) is 0 Å². The molecule has 0 aliphatic carbocycles. The van der Waals surface area contributed by atoms with Crippen LogP contribution >= 0.6 is 52.6 Å². The molecule has 1 rings (SSSR count). The second kappa shape index (κ2) is 5.85. The summed E-state index contributed by atoms with van der Waals surface area (Å²) in [6.45, 7) is 2.11. The summed E-state index contributed by atoms with van der Waals surface area (Å²) in [5, 5.41) is 0.990. The fourth-order valence-electron chi connectivity index (χ4n) is 0.904. The van der Waals surface area contributed by atoms with Crippen LogP contribution in [-0.4, -0.2) is 6.61 Å². The minimum Gasteiger partial charge on any atom is -0.314 e. The van der Waals surface area contributed by atoms with Gasteiger partial charge in [0.1, 0.15) is 0 Å². The Morgan fingerprint density at radius 1 is 1.40 bits per heavy atom. The van der Waals surface area contributed by atoms with Crippen LogP contribution in [0.1, 0.15) is 6.92 Å². The lowest BCUT2D eigenvalue weighted by atomic mass is 10.4. The van der Waals surface area contributed by atoms with E-state index in [0.29, 0.717) is 21.5 Å². The number of halogens is 2. The molecule has 0 fully saturated rings. The van der Waals surface area contributed by atoms with Crippen LogP contribution in [0.4, 0.5) is 0 Å². The molecule has 0 heterocycles. The molecule has 0 saturated carbocycles. The fourth-order valence-corrected chi connectivity index (χ4v) is 5.35. The number of hydrogen-bond acceptors (Lipinski definition) is 3. The molecule has 0 amide bonds. The van der Waals surface area contributed by atoms with Crippen LogP contribution < -0.4 is 0 Å². The van der Waals surface area contributed by atoms with Crippen molar-refractivity contribution in [2.45, 2.75) is 11.8 Å². The van der Waals surface area contributed by atoms with Gasteiger partial charge in [0.05, 0.1) is 6.61 Å². The zero-order valence-corrected chi connectivity index (χ0v) is 11.9. The normalized spacial score (nSPS) is 14.9.